The molecule has 0 aliphatic carbocycles. The van der Waals surface area contributed by atoms with E-state index in [0.717, 1.165) is 0 Å². The Labute approximate surface area is 53.5 Å². The molecular formula is C6H8NO2. The molecule has 3 heteroatoms. The largest absolute Gasteiger partial charge is 0.369 e. The first-order valence-electron chi connectivity index (χ1n) is 2.55. The van der Waals surface area contributed by atoms with Crippen LogP contribution in [0.4, 0.5) is 0 Å². The molecule has 9 heavy (non-hydrogen) atoms. The van der Waals surface area contributed by atoms with E-state index in [-0.39, 0.29) is 12.8 Å². The van der Waals surface area contributed by atoms with Crippen molar-refractivity contribution in [3.05, 3.63) is 12.2 Å². The third-order valence-corrected chi connectivity index (χ3v) is 0.687. The highest BCUT2D eigenvalue weighted by atomic mass is 16.1. The highest BCUT2D eigenvalue weighted by Crippen LogP contribution is 1.82. The van der Waals surface area contributed by atoms with Crippen molar-refractivity contribution in [3.63, 3.8) is 0 Å². The first-order chi connectivity index (χ1) is 4.27. The molecule has 0 saturated carbocycles. The Balaban J connectivity index is 3.24. The van der Waals surface area contributed by atoms with Crippen LogP contribution in [0.15, 0.2) is 12.2 Å². The van der Waals surface area contributed by atoms with Gasteiger partial charge in [0.2, 0.25) is 12.2 Å². The molecule has 0 aromatic carbocycles. The standard InChI is InChI=1S/C6H8NO2/c7-6(9)4-2-1-3-5-8/h1-2H,3-4H2,(H2,7,9)/b2-1+. The molecule has 0 rings (SSSR count). The van der Waals surface area contributed by atoms with Crippen molar-refractivity contribution in [2.75, 3.05) is 0 Å². The van der Waals surface area contributed by atoms with Gasteiger partial charge in [-0.3, -0.25) is 9.59 Å². The summed E-state index contributed by atoms with van der Waals surface area (Å²) in [6.45, 7) is 0. The van der Waals surface area contributed by atoms with Crippen molar-refractivity contribution >= 4 is 12.2 Å². The van der Waals surface area contributed by atoms with Gasteiger partial charge in [0.1, 0.15) is 0 Å². The smallest absolute Gasteiger partial charge is 0.221 e. The molecule has 1 amide bonds. The molecule has 3 nitrogen and oxygen atoms in total. The molecule has 0 aliphatic heterocycles. The van der Waals surface area contributed by atoms with Crippen molar-refractivity contribution in [1.29, 1.82) is 0 Å². The Bertz CT molecular complexity index is 129. The van der Waals surface area contributed by atoms with E-state index >= 15 is 0 Å². The summed E-state index contributed by atoms with van der Waals surface area (Å²) >= 11 is 0. The predicted octanol–water partition coefficient (Wildman–Crippen LogP) is -0.0822. The normalized spacial score (nSPS) is 9.78. The third-order valence-electron chi connectivity index (χ3n) is 0.687. The quantitative estimate of drug-likeness (QED) is 0.535. The molecule has 0 bridgehead atoms. The van der Waals surface area contributed by atoms with Gasteiger partial charge in [-0.15, -0.1) is 0 Å². The molecule has 0 unspecified atom stereocenters. The lowest BCUT2D eigenvalue weighted by atomic mass is 10.3. The molecule has 0 fully saturated rings. The summed E-state index contributed by atoms with van der Waals surface area (Å²) in [5.41, 5.74) is 4.79. The second-order valence-corrected chi connectivity index (χ2v) is 1.49. The Morgan fingerprint density at radius 2 is 2.22 bits per heavy atom. The average Bonchev–Trinajstić information content (AvgIpc) is 1.80. The van der Waals surface area contributed by atoms with Gasteiger partial charge in [0.05, 0.1) is 0 Å². The van der Waals surface area contributed by atoms with Crippen LogP contribution in [0.1, 0.15) is 12.8 Å². The summed E-state index contributed by atoms with van der Waals surface area (Å²) in [6.07, 6.45) is 5.18. The zero-order chi connectivity index (χ0) is 7.11. The second-order valence-electron chi connectivity index (χ2n) is 1.49. The molecule has 0 aliphatic rings. The van der Waals surface area contributed by atoms with Gasteiger partial charge in [0.25, 0.3) is 0 Å². The first kappa shape index (κ1) is 7.88. The minimum atomic E-state index is -0.392. The van der Waals surface area contributed by atoms with Gasteiger partial charge in [0, 0.05) is 12.8 Å². The van der Waals surface area contributed by atoms with Gasteiger partial charge in [-0.25, -0.2) is 0 Å². The Hall–Kier alpha value is -1.12. The summed E-state index contributed by atoms with van der Waals surface area (Å²) in [5.74, 6) is -0.392. The lowest BCUT2D eigenvalue weighted by Crippen LogP contribution is -2.07. The summed E-state index contributed by atoms with van der Waals surface area (Å²) in [5, 5.41) is 0. The van der Waals surface area contributed by atoms with Crippen molar-refractivity contribution in [1.82, 2.24) is 0 Å². The van der Waals surface area contributed by atoms with Crippen molar-refractivity contribution in [2.45, 2.75) is 12.8 Å². The van der Waals surface area contributed by atoms with E-state index in [4.69, 9.17) is 5.73 Å². The molecule has 0 saturated heterocycles. The lowest BCUT2D eigenvalue weighted by Gasteiger charge is -1.80. The monoisotopic (exact) mass is 126 g/mol. The number of carbonyl (C=O) groups is 1. The third kappa shape index (κ3) is 6.88. The van der Waals surface area contributed by atoms with Crippen molar-refractivity contribution in [2.24, 2.45) is 5.73 Å². The number of amides is 1. The van der Waals surface area contributed by atoms with Crippen LogP contribution in [-0.2, 0) is 9.59 Å². The topological polar surface area (TPSA) is 60.2 Å². The number of carbonyl (C=O) groups excluding carboxylic acids is 2. The van der Waals surface area contributed by atoms with Gasteiger partial charge in [-0.2, -0.15) is 0 Å². The average molecular weight is 126 g/mol. The van der Waals surface area contributed by atoms with Crippen LogP contribution in [0.2, 0.25) is 0 Å². The van der Waals surface area contributed by atoms with E-state index in [1.54, 1.807) is 18.4 Å². The van der Waals surface area contributed by atoms with Crippen molar-refractivity contribution < 1.29 is 9.59 Å². The number of nitrogens with two attached hydrogens (primary N) is 1. The highest BCUT2D eigenvalue weighted by molar-refractivity contribution is 5.75. The number of hydrogen-bond acceptors (Lipinski definition) is 2. The van der Waals surface area contributed by atoms with Crippen LogP contribution in [0, 0.1) is 0 Å². The fourth-order valence-corrected chi connectivity index (χ4v) is 0.331. The SMILES string of the molecule is NC(=O)C/C=C/C[C]=O. The molecular weight excluding hydrogens is 118 g/mol. The van der Waals surface area contributed by atoms with Crippen LogP contribution in [0.5, 0.6) is 0 Å². The number of allylic oxidation sites excluding steroid dienone is 1. The van der Waals surface area contributed by atoms with Crippen LogP contribution in [-0.4, -0.2) is 12.2 Å². The minimum absolute atomic E-state index is 0.196. The van der Waals surface area contributed by atoms with Crippen LogP contribution in [0.25, 0.3) is 0 Å². The Kier molecular flexibility index (Phi) is 4.40. The maximum atomic E-state index is 10.0. The Morgan fingerprint density at radius 3 is 2.67 bits per heavy atom. The van der Waals surface area contributed by atoms with E-state index in [9.17, 15) is 9.59 Å². The maximum absolute atomic E-state index is 10.0. The van der Waals surface area contributed by atoms with Gasteiger partial charge in [0.15, 0.2) is 0 Å². The molecule has 1 radical (unpaired) electrons. The van der Waals surface area contributed by atoms with Gasteiger partial charge >= 0.3 is 0 Å². The fraction of sp³-hybridized carbons (Fsp3) is 0.333. The van der Waals surface area contributed by atoms with Crippen LogP contribution >= 0.6 is 0 Å². The van der Waals surface area contributed by atoms with Gasteiger partial charge < -0.3 is 5.73 Å². The highest BCUT2D eigenvalue weighted by Gasteiger charge is 1.84. The molecule has 0 spiro atoms. The van der Waals surface area contributed by atoms with Crippen LogP contribution < -0.4 is 5.73 Å². The zero-order valence-corrected chi connectivity index (χ0v) is 4.96. The van der Waals surface area contributed by atoms with Gasteiger partial charge in [-0.05, 0) is 0 Å². The van der Waals surface area contributed by atoms with E-state index in [1.165, 1.54) is 0 Å². The van der Waals surface area contributed by atoms with Crippen molar-refractivity contribution in [3.8, 4) is 0 Å². The number of primary amides is 1. The summed E-state index contributed by atoms with van der Waals surface area (Å²) in [4.78, 5) is 19.6. The summed E-state index contributed by atoms with van der Waals surface area (Å²) in [7, 11) is 0. The zero-order valence-electron chi connectivity index (χ0n) is 4.96. The molecule has 0 atom stereocenters. The van der Waals surface area contributed by atoms with Crippen LogP contribution in [0.3, 0.4) is 0 Å². The second kappa shape index (κ2) is 5.03. The van der Waals surface area contributed by atoms with E-state index in [1.807, 2.05) is 0 Å². The molecule has 0 heterocycles. The van der Waals surface area contributed by atoms with E-state index < -0.39 is 5.91 Å². The Morgan fingerprint density at radius 1 is 1.56 bits per heavy atom. The molecule has 2 N–H and O–H groups in total. The van der Waals surface area contributed by atoms with Gasteiger partial charge in [-0.1, -0.05) is 12.2 Å². The summed E-state index contributed by atoms with van der Waals surface area (Å²) < 4.78 is 0. The fourth-order valence-electron chi connectivity index (χ4n) is 0.331. The molecule has 0 aromatic rings. The molecule has 0 aromatic heterocycles. The number of hydrogen-bond donors (Lipinski definition) is 1. The summed E-state index contributed by atoms with van der Waals surface area (Å²) in [6, 6.07) is 0. The molecule has 49 valence electrons. The van der Waals surface area contributed by atoms with E-state index in [2.05, 4.69) is 0 Å². The predicted molar refractivity (Wildman–Crippen MR) is 33.3 cm³/mol. The maximum Gasteiger partial charge on any atom is 0.221 e. The lowest BCUT2D eigenvalue weighted by molar-refractivity contribution is -0.117. The minimum Gasteiger partial charge on any atom is -0.369 e. The first-order valence-corrected chi connectivity index (χ1v) is 2.55. The van der Waals surface area contributed by atoms with E-state index in [0.29, 0.717) is 0 Å². The number of rotatable bonds is 4.